The lowest BCUT2D eigenvalue weighted by Gasteiger charge is -2.25. The fraction of sp³-hybridized carbons (Fsp3) is 0.438. The number of rotatable bonds is 3. The maximum Gasteiger partial charge on any atom is 0.340 e. The number of hydrogen-bond donors (Lipinski definition) is 3. The van der Waals surface area contributed by atoms with E-state index in [2.05, 4.69) is 10.1 Å². The van der Waals surface area contributed by atoms with Gasteiger partial charge in [-0.1, -0.05) is 0 Å². The second-order valence-electron chi connectivity index (χ2n) is 5.74. The topological polar surface area (TPSA) is 105 Å². The maximum atomic E-state index is 13.8. The van der Waals surface area contributed by atoms with Gasteiger partial charge in [0.2, 0.25) is 0 Å². The van der Waals surface area contributed by atoms with Crippen molar-refractivity contribution in [1.82, 2.24) is 5.32 Å². The van der Waals surface area contributed by atoms with Crippen LogP contribution in [-0.4, -0.2) is 42.1 Å². The molecule has 1 aliphatic rings. The van der Waals surface area contributed by atoms with Crippen LogP contribution in [0.4, 0.5) is 14.5 Å². The highest BCUT2D eigenvalue weighted by Crippen LogP contribution is 2.21. The first kappa shape index (κ1) is 18.8. The van der Waals surface area contributed by atoms with Crippen LogP contribution >= 0.6 is 0 Å². The number of carbonyl (C=O) groups excluding carboxylic acids is 3. The first-order chi connectivity index (χ1) is 11.8. The van der Waals surface area contributed by atoms with Crippen molar-refractivity contribution in [1.29, 1.82) is 0 Å². The van der Waals surface area contributed by atoms with E-state index >= 15 is 0 Å². The highest BCUT2D eigenvalue weighted by Gasteiger charge is 2.25. The summed E-state index contributed by atoms with van der Waals surface area (Å²) in [6.07, 6.45) is 1.67. The third-order valence-corrected chi connectivity index (χ3v) is 3.95. The summed E-state index contributed by atoms with van der Waals surface area (Å²) in [5, 5.41) is 13.9. The van der Waals surface area contributed by atoms with E-state index < -0.39 is 46.8 Å². The first-order valence-electron chi connectivity index (χ1n) is 7.69. The van der Waals surface area contributed by atoms with Gasteiger partial charge in [-0.05, 0) is 31.7 Å². The predicted octanol–water partition coefficient (Wildman–Crippen LogP) is 1.11. The zero-order chi connectivity index (χ0) is 18.6. The molecular weight excluding hydrogens is 338 g/mol. The Morgan fingerprint density at radius 2 is 1.72 bits per heavy atom. The van der Waals surface area contributed by atoms with Gasteiger partial charge >= 0.3 is 17.8 Å². The zero-order valence-corrected chi connectivity index (χ0v) is 13.5. The fourth-order valence-corrected chi connectivity index (χ4v) is 2.56. The van der Waals surface area contributed by atoms with Gasteiger partial charge in [-0.3, -0.25) is 9.59 Å². The minimum atomic E-state index is -1.15. The van der Waals surface area contributed by atoms with Gasteiger partial charge in [0.1, 0.15) is 11.6 Å². The van der Waals surface area contributed by atoms with Crippen molar-refractivity contribution in [3.63, 3.8) is 0 Å². The molecule has 2 amide bonds. The molecule has 0 bridgehead atoms. The maximum absolute atomic E-state index is 13.8. The second kappa shape index (κ2) is 8.02. The molecule has 0 saturated heterocycles. The number of carbonyl (C=O) groups is 3. The minimum absolute atomic E-state index is 0.259. The summed E-state index contributed by atoms with van der Waals surface area (Å²) < 4.78 is 31.7. The summed E-state index contributed by atoms with van der Waals surface area (Å²) >= 11 is 0. The van der Waals surface area contributed by atoms with Crippen molar-refractivity contribution in [2.45, 2.75) is 37.8 Å². The first-order valence-corrected chi connectivity index (χ1v) is 7.69. The van der Waals surface area contributed by atoms with E-state index in [1.54, 1.807) is 0 Å². The summed E-state index contributed by atoms with van der Waals surface area (Å²) in [4.78, 5) is 35.2. The standard InChI is InChI=1S/C16H18F2N2O5/c1-25-16(24)10-6-13(12(18)7-11(10)17)20-15(23)14(22)19-8-2-4-9(21)5-3-8/h6-9,21H,2-5H2,1H3,(H,19,22)(H,20,23). The van der Waals surface area contributed by atoms with Crippen LogP contribution in [-0.2, 0) is 14.3 Å². The third kappa shape index (κ3) is 4.72. The van der Waals surface area contributed by atoms with Gasteiger partial charge in [-0.25, -0.2) is 13.6 Å². The molecule has 1 fully saturated rings. The number of methoxy groups -OCH3 is 1. The smallest absolute Gasteiger partial charge is 0.340 e. The highest BCUT2D eigenvalue weighted by molar-refractivity contribution is 6.39. The van der Waals surface area contributed by atoms with Gasteiger partial charge in [0.25, 0.3) is 0 Å². The molecule has 0 radical (unpaired) electrons. The van der Waals surface area contributed by atoms with Gasteiger partial charge in [-0.15, -0.1) is 0 Å². The van der Waals surface area contributed by atoms with Crippen molar-refractivity contribution in [3.8, 4) is 0 Å². The Kier molecular flexibility index (Phi) is 6.02. The molecule has 1 aromatic rings. The summed E-state index contributed by atoms with van der Waals surface area (Å²) in [5.74, 6) is -5.45. The number of amides is 2. The summed E-state index contributed by atoms with van der Waals surface area (Å²) in [6, 6.07) is 0.923. The number of esters is 1. The average molecular weight is 356 g/mol. The Morgan fingerprint density at radius 1 is 1.08 bits per heavy atom. The Labute approximate surface area is 142 Å². The van der Waals surface area contributed by atoms with Gasteiger partial charge in [0.15, 0.2) is 0 Å². The molecule has 0 atom stereocenters. The molecule has 7 nitrogen and oxygen atoms in total. The number of anilines is 1. The molecule has 25 heavy (non-hydrogen) atoms. The largest absolute Gasteiger partial charge is 0.465 e. The van der Waals surface area contributed by atoms with E-state index in [9.17, 15) is 28.3 Å². The lowest BCUT2D eigenvalue weighted by Crippen LogP contribution is -2.44. The van der Waals surface area contributed by atoms with Crippen LogP contribution in [0.5, 0.6) is 0 Å². The molecule has 9 heteroatoms. The van der Waals surface area contributed by atoms with Gasteiger partial charge < -0.3 is 20.5 Å². The van der Waals surface area contributed by atoms with Crippen molar-refractivity contribution < 1.29 is 33.0 Å². The number of aliphatic hydroxyl groups is 1. The molecule has 1 aliphatic carbocycles. The Morgan fingerprint density at radius 3 is 2.32 bits per heavy atom. The number of nitrogens with one attached hydrogen (secondary N) is 2. The van der Waals surface area contributed by atoms with Crippen molar-refractivity contribution in [3.05, 3.63) is 29.3 Å². The van der Waals surface area contributed by atoms with E-state index in [0.717, 1.165) is 13.2 Å². The van der Waals surface area contributed by atoms with Crippen molar-refractivity contribution in [2.75, 3.05) is 12.4 Å². The minimum Gasteiger partial charge on any atom is -0.465 e. The van der Waals surface area contributed by atoms with Gasteiger partial charge in [-0.2, -0.15) is 0 Å². The number of benzene rings is 1. The van der Waals surface area contributed by atoms with Crippen LogP contribution in [0.1, 0.15) is 36.0 Å². The lowest BCUT2D eigenvalue weighted by molar-refractivity contribution is -0.136. The molecule has 1 saturated carbocycles. The molecule has 0 heterocycles. The van der Waals surface area contributed by atoms with Crippen molar-refractivity contribution in [2.24, 2.45) is 0 Å². The number of halogens is 2. The molecule has 3 N–H and O–H groups in total. The molecule has 0 aliphatic heterocycles. The van der Waals surface area contributed by atoms with Crippen LogP contribution in [0.15, 0.2) is 12.1 Å². The molecule has 136 valence electrons. The van der Waals surface area contributed by atoms with E-state index in [1.807, 2.05) is 5.32 Å². The van der Waals surface area contributed by atoms with Gasteiger partial charge in [0, 0.05) is 12.1 Å². The van der Waals surface area contributed by atoms with E-state index in [0.29, 0.717) is 31.7 Å². The SMILES string of the molecule is COC(=O)c1cc(NC(=O)C(=O)NC2CCC(O)CC2)c(F)cc1F. The molecular formula is C16H18F2N2O5. The third-order valence-electron chi connectivity index (χ3n) is 3.95. The number of ether oxygens (including phenoxy) is 1. The Bertz CT molecular complexity index is 687. The summed E-state index contributed by atoms with van der Waals surface area (Å²) in [6.45, 7) is 0. The van der Waals surface area contributed by atoms with Gasteiger partial charge in [0.05, 0.1) is 24.5 Å². The summed E-state index contributed by atoms with van der Waals surface area (Å²) in [5.41, 5.74) is -1.08. The Balaban J connectivity index is 2.04. The molecule has 0 aromatic heterocycles. The van der Waals surface area contributed by atoms with E-state index in [4.69, 9.17) is 0 Å². The lowest BCUT2D eigenvalue weighted by atomic mass is 9.93. The van der Waals surface area contributed by atoms with Crippen LogP contribution < -0.4 is 10.6 Å². The average Bonchev–Trinajstić information content (AvgIpc) is 2.58. The van der Waals surface area contributed by atoms with Crippen molar-refractivity contribution >= 4 is 23.5 Å². The zero-order valence-electron chi connectivity index (χ0n) is 13.5. The predicted molar refractivity (Wildman–Crippen MR) is 82.7 cm³/mol. The van der Waals surface area contributed by atoms with Crippen LogP contribution in [0.3, 0.4) is 0 Å². The number of hydrogen-bond acceptors (Lipinski definition) is 5. The van der Waals surface area contributed by atoms with E-state index in [1.165, 1.54) is 0 Å². The molecule has 1 aromatic carbocycles. The van der Waals surface area contributed by atoms with E-state index in [-0.39, 0.29) is 6.04 Å². The quantitative estimate of drug-likeness (QED) is 0.556. The molecule has 0 spiro atoms. The normalized spacial score (nSPS) is 19.8. The van der Waals surface area contributed by atoms with Crippen LogP contribution in [0.25, 0.3) is 0 Å². The number of aliphatic hydroxyl groups excluding tert-OH is 1. The molecule has 0 unspecified atom stereocenters. The monoisotopic (exact) mass is 356 g/mol. The molecule has 2 rings (SSSR count). The Hall–Kier alpha value is -2.55. The highest BCUT2D eigenvalue weighted by atomic mass is 19.1. The summed E-state index contributed by atoms with van der Waals surface area (Å²) in [7, 11) is 1.03. The fourth-order valence-electron chi connectivity index (χ4n) is 2.56. The van der Waals surface area contributed by atoms with Crippen LogP contribution in [0.2, 0.25) is 0 Å². The van der Waals surface area contributed by atoms with Crippen LogP contribution in [0, 0.1) is 11.6 Å². The second-order valence-corrected chi connectivity index (χ2v) is 5.74.